The van der Waals surface area contributed by atoms with Crippen molar-refractivity contribution < 1.29 is 0 Å². The van der Waals surface area contributed by atoms with E-state index < -0.39 is 0 Å². The molecule has 110 valence electrons. The molecule has 1 aromatic carbocycles. The minimum Gasteiger partial charge on any atom is -0.371 e. The second kappa shape index (κ2) is 6.92. The second-order valence-corrected chi connectivity index (χ2v) is 6.76. The van der Waals surface area contributed by atoms with Gasteiger partial charge in [0, 0.05) is 56.0 Å². The molecule has 0 aromatic heterocycles. The maximum Gasteiger partial charge on any atom is 0.0423 e. The highest BCUT2D eigenvalue weighted by Crippen LogP contribution is 2.28. The number of nitrogens with zero attached hydrogens (tertiary/aromatic N) is 2. The predicted molar refractivity (Wildman–Crippen MR) is 88.4 cm³/mol. The van der Waals surface area contributed by atoms with Gasteiger partial charge >= 0.3 is 0 Å². The van der Waals surface area contributed by atoms with Crippen LogP contribution in [0.3, 0.4) is 0 Å². The SMILES string of the molecule is Brc1ccc(CN2CCNCC2)c(N2CCCCC2)c1. The largest absolute Gasteiger partial charge is 0.371 e. The third kappa shape index (κ3) is 3.54. The first-order valence-electron chi connectivity index (χ1n) is 7.79. The van der Waals surface area contributed by atoms with Crippen LogP contribution in [0.5, 0.6) is 0 Å². The Hall–Kier alpha value is -0.580. The van der Waals surface area contributed by atoms with Crippen LogP contribution in [-0.2, 0) is 6.54 Å². The summed E-state index contributed by atoms with van der Waals surface area (Å²) >= 11 is 3.64. The summed E-state index contributed by atoms with van der Waals surface area (Å²) in [6.07, 6.45) is 4.05. The molecule has 2 heterocycles. The van der Waals surface area contributed by atoms with E-state index in [0.29, 0.717) is 0 Å². The highest BCUT2D eigenvalue weighted by Gasteiger charge is 2.17. The van der Waals surface area contributed by atoms with Gasteiger partial charge in [0.15, 0.2) is 0 Å². The summed E-state index contributed by atoms with van der Waals surface area (Å²) in [4.78, 5) is 5.14. The Kier molecular flexibility index (Phi) is 4.97. The summed E-state index contributed by atoms with van der Waals surface area (Å²) < 4.78 is 1.20. The van der Waals surface area contributed by atoms with Crippen molar-refractivity contribution in [1.29, 1.82) is 0 Å². The lowest BCUT2D eigenvalue weighted by Gasteiger charge is -2.33. The molecule has 0 unspecified atom stereocenters. The minimum atomic E-state index is 1.08. The number of nitrogens with one attached hydrogen (secondary N) is 1. The zero-order chi connectivity index (χ0) is 13.8. The molecule has 2 saturated heterocycles. The molecule has 2 aliphatic heterocycles. The van der Waals surface area contributed by atoms with Crippen LogP contribution in [0.25, 0.3) is 0 Å². The Balaban J connectivity index is 1.77. The molecule has 0 aliphatic carbocycles. The van der Waals surface area contributed by atoms with Gasteiger partial charge in [-0.1, -0.05) is 22.0 Å². The van der Waals surface area contributed by atoms with Crippen molar-refractivity contribution in [2.45, 2.75) is 25.8 Å². The summed E-state index contributed by atoms with van der Waals surface area (Å²) in [7, 11) is 0. The fraction of sp³-hybridized carbons (Fsp3) is 0.625. The quantitative estimate of drug-likeness (QED) is 0.914. The Morgan fingerprint density at radius 2 is 1.75 bits per heavy atom. The van der Waals surface area contributed by atoms with E-state index in [1.54, 1.807) is 0 Å². The molecule has 2 fully saturated rings. The number of piperazine rings is 1. The third-order valence-corrected chi connectivity index (χ3v) is 4.84. The highest BCUT2D eigenvalue weighted by molar-refractivity contribution is 9.10. The van der Waals surface area contributed by atoms with Crippen molar-refractivity contribution in [3.05, 3.63) is 28.2 Å². The van der Waals surface area contributed by atoms with Gasteiger partial charge in [0.2, 0.25) is 0 Å². The summed E-state index contributed by atoms with van der Waals surface area (Å²) in [5.74, 6) is 0. The molecule has 0 amide bonds. The van der Waals surface area contributed by atoms with Gasteiger partial charge in [0.25, 0.3) is 0 Å². The van der Waals surface area contributed by atoms with E-state index in [1.165, 1.54) is 48.1 Å². The monoisotopic (exact) mass is 337 g/mol. The van der Waals surface area contributed by atoms with E-state index >= 15 is 0 Å². The smallest absolute Gasteiger partial charge is 0.0423 e. The lowest BCUT2D eigenvalue weighted by molar-refractivity contribution is 0.233. The van der Waals surface area contributed by atoms with E-state index in [0.717, 1.165) is 32.7 Å². The molecule has 0 bridgehead atoms. The second-order valence-electron chi connectivity index (χ2n) is 5.85. The lowest BCUT2D eigenvalue weighted by Crippen LogP contribution is -2.43. The predicted octanol–water partition coefficient (Wildman–Crippen LogP) is 2.84. The summed E-state index contributed by atoms with van der Waals surface area (Å²) in [6.45, 7) is 8.08. The summed E-state index contributed by atoms with van der Waals surface area (Å²) in [5.41, 5.74) is 2.93. The fourth-order valence-corrected chi connectivity index (χ4v) is 3.56. The number of rotatable bonds is 3. The Bertz CT molecular complexity index is 437. The summed E-state index contributed by atoms with van der Waals surface area (Å²) in [6, 6.07) is 6.80. The van der Waals surface area contributed by atoms with Gasteiger partial charge in [-0.3, -0.25) is 4.90 Å². The average Bonchev–Trinajstić information content (AvgIpc) is 2.51. The first-order chi connectivity index (χ1) is 9.83. The molecule has 0 radical (unpaired) electrons. The van der Waals surface area contributed by atoms with Crippen LogP contribution in [0.4, 0.5) is 5.69 Å². The summed E-state index contributed by atoms with van der Waals surface area (Å²) in [5, 5.41) is 3.43. The van der Waals surface area contributed by atoms with Gasteiger partial charge in [-0.2, -0.15) is 0 Å². The van der Waals surface area contributed by atoms with Gasteiger partial charge in [-0.15, -0.1) is 0 Å². The Labute approximate surface area is 130 Å². The number of anilines is 1. The molecule has 3 rings (SSSR count). The van der Waals surface area contributed by atoms with Crippen molar-refractivity contribution in [1.82, 2.24) is 10.2 Å². The van der Waals surface area contributed by atoms with Crippen LogP contribution < -0.4 is 10.2 Å². The molecular formula is C16H24BrN3. The van der Waals surface area contributed by atoms with Gasteiger partial charge < -0.3 is 10.2 Å². The molecule has 2 aliphatic rings. The van der Waals surface area contributed by atoms with Gasteiger partial charge in [0.1, 0.15) is 0 Å². The maximum absolute atomic E-state index is 3.64. The minimum absolute atomic E-state index is 1.08. The third-order valence-electron chi connectivity index (χ3n) is 4.35. The van der Waals surface area contributed by atoms with Crippen LogP contribution in [0.15, 0.2) is 22.7 Å². The topological polar surface area (TPSA) is 18.5 Å². The highest BCUT2D eigenvalue weighted by atomic mass is 79.9. The molecule has 1 N–H and O–H groups in total. The lowest BCUT2D eigenvalue weighted by atomic mass is 10.1. The molecule has 0 saturated carbocycles. The van der Waals surface area contributed by atoms with E-state index in [4.69, 9.17) is 0 Å². The van der Waals surface area contributed by atoms with Gasteiger partial charge in [0.05, 0.1) is 0 Å². The van der Waals surface area contributed by atoms with Crippen LogP contribution in [0, 0.1) is 0 Å². The fourth-order valence-electron chi connectivity index (χ4n) is 3.21. The van der Waals surface area contributed by atoms with E-state index in [2.05, 4.69) is 49.2 Å². The molecule has 1 aromatic rings. The van der Waals surface area contributed by atoms with Crippen LogP contribution in [0.2, 0.25) is 0 Å². The number of benzene rings is 1. The Morgan fingerprint density at radius 3 is 2.50 bits per heavy atom. The van der Waals surface area contributed by atoms with Crippen molar-refractivity contribution in [2.24, 2.45) is 0 Å². The standard InChI is InChI=1S/C16H24BrN3/c17-15-5-4-14(13-19-10-6-18-7-11-19)16(12-15)20-8-2-1-3-9-20/h4-5,12,18H,1-3,6-11,13H2. The first kappa shape index (κ1) is 14.4. The van der Waals surface area contributed by atoms with Crippen LogP contribution in [0.1, 0.15) is 24.8 Å². The molecule has 4 heteroatoms. The number of halogens is 1. The normalized spacial score (nSPS) is 21.1. The van der Waals surface area contributed by atoms with E-state index in [1.807, 2.05) is 0 Å². The maximum atomic E-state index is 3.64. The van der Waals surface area contributed by atoms with Gasteiger partial charge in [-0.25, -0.2) is 0 Å². The zero-order valence-corrected chi connectivity index (χ0v) is 13.7. The Morgan fingerprint density at radius 1 is 1.00 bits per heavy atom. The van der Waals surface area contributed by atoms with Crippen molar-refractivity contribution >= 4 is 21.6 Å². The van der Waals surface area contributed by atoms with Gasteiger partial charge in [-0.05, 0) is 37.0 Å². The van der Waals surface area contributed by atoms with Crippen molar-refractivity contribution in [2.75, 3.05) is 44.2 Å². The average molecular weight is 338 g/mol. The van der Waals surface area contributed by atoms with Crippen LogP contribution >= 0.6 is 15.9 Å². The molecule has 0 atom stereocenters. The molecule has 0 spiro atoms. The number of piperidine rings is 1. The molecule has 3 nitrogen and oxygen atoms in total. The first-order valence-corrected chi connectivity index (χ1v) is 8.59. The van der Waals surface area contributed by atoms with E-state index in [9.17, 15) is 0 Å². The van der Waals surface area contributed by atoms with Crippen molar-refractivity contribution in [3.63, 3.8) is 0 Å². The van der Waals surface area contributed by atoms with E-state index in [-0.39, 0.29) is 0 Å². The number of hydrogen-bond acceptors (Lipinski definition) is 3. The van der Waals surface area contributed by atoms with Crippen LogP contribution in [-0.4, -0.2) is 44.2 Å². The molecular weight excluding hydrogens is 314 g/mol. The van der Waals surface area contributed by atoms with Crippen molar-refractivity contribution in [3.8, 4) is 0 Å². The molecule has 20 heavy (non-hydrogen) atoms. The zero-order valence-electron chi connectivity index (χ0n) is 12.1. The number of hydrogen-bond donors (Lipinski definition) is 1.